The second-order valence-electron chi connectivity index (χ2n) is 6.03. The first-order valence-corrected chi connectivity index (χ1v) is 7.32. The summed E-state index contributed by atoms with van der Waals surface area (Å²) in [5, 5.41) is 10.2. The minimum atomic E-state index is -0.728. The lowest BCUT2D eigenvalue weighted by Gasteiger charge is -2.40. The Hall–Kier alpha value is -2.22. The summed E-state index contributed by atoms with van der Waals surface area (Å²) in [4.78, 5) is 26.4. The van der Waals surface area contributed by atoms with E-state index in [9.17, 15) is 9.90 Å². The SMILES string of the molecule is C[C@@H](C(=O)N(C)CC1(O)CCC1)n1cnc2c(N)ncnc21. The molecule has 0 saturated heterocycles. The molecule has 2 aromatic heterocycles. The summed E-state index contributed by atoms with van der Waals surface area (Å²) in [5.41, 5.74) is 6.05. The number of carbonyl (C=O) groups is 1. The first-order chi connectivity index (χ1) is 10.4. The van der Waals surface area contributed by atoms with Crippen molar-refractivity contribution in [3.05, 3.63) is 12.7 Å². The van der Waals surface area contributed by atoms with Crippen molar-refractivity contribution in [1.82, 2.24) is 24.4 Å². The summed E-state index contributed by atoms with van der Waals surface area (Å²) in [7, 11) is 1.71. The van der Waals surface area contributed by atoms with E-state index in [2.05, 4.69) is 15.0 Å². The predicted molar refractivity (Wildman–Crippen MR) is 80.9 cm³/mol. The zero-order chi connectivity index (χ0) is 15.9. The average molecular weight is 304 g/mol. The first-order valence-electron chi connectivity index (χ1n) is 7.32. The van der Waals surface area contributed by atoms with Crippen LogP contribution in [0.25, 0.3) is 11.2 Å². The zero-order valence-corrected chi connectivity index (χ0v) is 12.7. The number of likely N-dealkylation sites (N-methyl/N-ethyl adjacent to an activating group) is 1. The van der Waals surface area contributed by atoms with E-state index < -0.39 is 11.6 Å². The van der Waals surface area contributed by atoms with Gasteiger partial charge in [0.25, 0.3) is 0 Å². The maximum absolute atomic E-state index is 12.6. The van der Waals surface area contributed by atoms with Crippen molar-refractivity contribution in [1.29, 1.82) is 0 Å². The number of anilines is 1. The van der Waals surface area contributed by atoms with Crippen molar-refractivity contribution < 1.29 is 9.90 Å². The van der Waals surface area contributed by atoms with Crippen molar-refractivity contribution in [2.75, 3.05) is 19.3 Å². The van der Waals surface area contributed by atoms with Crippen LogP contribution in [0, 0.1) is 0 Å². The maximum Gasteiger partial charge on any atom is 0.245 e. The summed E-state index contributed by atoms with van der Waals surface area (Å²) in [5.74, 6) is 0.192. The predicted octanol–water partition coefficient (Wildman–Crippen LogP) is 0.343. The number of fused-ring (bicyclic) bond motifs is 1. The lowest BCUT2D eigenvalue weighted by atomic mass is 9.80. The number of aromatic nitrogens is 4. The molecule has 1 aliphatic rings. The van der Waals surface area contributed by atoms with Crippen LogP contribution in [0.1, 0.15) is 32.2 Å². The van der Waals surface area contributed by atoms with Gasteiger partial charge in [0.1, 0.15) is 17.9 Å². The third kappa shape index (κ3) is 2.39. The van der Waals surface area contributed by atoms with Gasteiger partial charge < -0.3 is 20.3 Å². The van der Waals surface area contributed by atoms with E-state index in [0.29, 0.717) is 23.5 Å². The van der Waals surface area contributed by atoms with Gasteiger partial charge in [0.05, 0.1) is 11.9 Å². The molecule has 118 valence electrons. The van der Waals surface area contributed by atoms with Gasteiger partial charge in [-0.25, -0.2) is 15.0 Å². The molecule has 0 radical (unpaired) electrons. The molecule has 2 heterocycles. The molecular weight excluding hydrogens is 284 g/mol. The Morgan fingerprint density at radius 2 is 2.23 bits per heavy atom. The van der Waals surface area contributed by atoms with Crippen LogP contribution < -0.4 is 5.73 Å². The van der Waals surface area contributed by atoms with E-state index in [4.69, 9.17) is 5.73 Å². The molecule has 0 unspecified atom stereocenters. The fourth-order valence-corrected chi connectivity index (χ4v) is 2.85. The van der Waals surface area contributed by atoms with Crippen LogP contribution in [0.5, 0.6) is 0 Å². The Kier molecular flexibility index (Phi) is 3.48. The number of imidazole rings is 1. The van der Waals surface area contributed by atoms with Crippen molar-refractivity contribution in [3.63, 3.8) is 0 Å². The summed E-state index contributed by atoms with van der Waals surface area (Å²) < 4.78 is 1.68. The van der Waals surface area contributed by atoms with Gasteiger partial charge in [0.15, 0.2) is 11.5 Å². The molecule has 2 aromatic rings. The minimum Gasteiger partial charge on any atom is -0.388 e. The number of amides is 1. The zero-order valence-electron chi connectivity index (χ0n) is 12.7. The molecule has 0 aromatic carbocycles. The summed E-state index contributed by atoms with van der Waals surface area (Å²) in [6.45, 7) is 2.13. The van der Waals surface area contributed by atoms with Crippen molar-refractivity contribution in [2.45, 2.75) is 37.8 Å². The smallest absolute Gasteiger partial charge is 0.245 e. The molecule has 0 bridgehead atoms. The normalized spacial score (nSPS) is 18.0. The van der Waals surface area contributed by atoms with Crippen LogP contribution in [0.4, 0.5) is 5.82 Å². The number of hydrogen-bond acceptors (Lipinski definition) is 6. The van der Waals surface area contributed by atoms with E-state index >= 15 is 0 Å². The highest BCUT2D eigenvalue weighted by atomic mass is 16.3. The van der Waals surface area contributed by atoms with Crippen LogP contribution >= 0.6 is 0 Å². The van der Waals surface area contributed by atoms with Crippen LogP contribution in [0.3, 0.4) is 0 Å². The summed E-state index contributed by atoms with van der Waals surface area (Å²) >= 11 is 0. The number of nitrogens with zero attached hydrogens (tertiary/aromatic N) is 5. The average Bonchev–Trinajstić information content (AvgIpc) is 2.89. The maximum atomic E-state index is 12.6. The minimum absolute atomic E-state index is 0.100. The van der Waals surface area contributed by atoms with Gasteiger partial charge >= 0.3 is 0 Å². The Morgan fingerprint density at radius 1 is 1.50 bits per heavy atom. The monoisotopic (exact) mass is 304 g/mol. The van der Waals surface area contributed by atoms with Crippen molar-refractivity contribution >= 4 is 22.9 Å². The largest absolute Gasteiger partial charge is 0.388 e. The number of aliphatic hydroxyl groups is 1. The fourth-order valence-electron chi connectivity index (χ4n) is 2.85. The van der Waals surface area contributed by atoms with Gasteiger partial charge in [0, 0.05) is 13.6 Å². The molecule has 3 rings (SSSR count). The molecule has 0 aliphatic heterocycles. The lowest BCUT2D eigenvalue weighted by molar-refractivity contribution is -0.139. The molecule has 8 heteroatoms. The van der Waals surface area contributed by atoms with E-state index in [1.807, 2.05) is 0 Å². The van der Waals surface area contributed by atoms with E-state index in [-0.39, 0.29) is 5.91 Å². The quantitative estimate of drug-likeness (QED) is 0.843. The standard InChI is InChI=1S/C14H20N6O2/c1-9(13(21)19(2)6-14(22)4-3-5-14)20-8-18-10-11(15)16-7-17-12(10)20/h7-9,22H,3-6H2,1-2H3,(H2,15,16,17)/t9-/m0/s1. The van der Waals surface area contributed by atoms with Gasteiger partial charge in [-0.3, -0.25) is 4.79 Å². The number of rotatable bonds is 4. The first kappa shape index (κ1) is 14.7. The van der Waals surface area contributed by atoms with Gasteiger partial charge in [-0.15, -0.1) is 0 Å². The van der Waals surface area contributed by atoms with E-state index in [1.165, 1.54) is 6.33 Å². The molecule has 1 amide bonds. The highest BCUT2D eigenvalue weighted by Gasteiger charge is 2.37. The number of carbonyl (C=O) groups excluding carboxylic acids is 1. The number of nitrogens with two attached hydrogens (primary N) is 1. The molecule has 1 atom stereocenters. The molecule has 3 N–H and O–H groups in total. The second kappa shape index (κ2) is 5.20. The van der Waals surface area contributed by atoms with Crippen LogP contribution in [0.15, 0.2) is 12.7 Å². The van der Waals surface area contributed by atoms with Crippen molar-refractivity contribution in [3.8, 4) is 0 Å². The molecule has 1 saturated carbocycles. The van der Waals surface area contributed by atoms with Gasteiger partial charge in [-0.05, 0) is 26.2 Å². The van der Waals surface area contributed by atoms with E-state index in [1.54, 1.807) is 29.8 Å². The van der Waals surface area contributed by atoms with E-state index in [0.717, 1.165) is 19.3 Å². The van der Waals surface area contributed by atoms with Gasteiger partial charge in [-0.1, -0.05) is 0 Å². The molecule has 1 fully saturated rings. The summed E-state index contributed by atoms with van der Waals surface area (Å²) in [6, 6.07) is -0.479. The van der Waals surface area contributed by atoms with Crippen molar-refractivity contribution in [2.24, 2.45) is 0 Å². The molecule has 0 spiro atoms. The molecule has 1 aliphatic carbocycles. The number of nitrogen functional groups attached to an aromatic ring is 1. The van der Waals surface area contributed by atoms with Gasteiger partial charge in [-0.2, -0.15) is 0 Å². The van der Waals surface area contributed by atoms with Crippen LogP contribution in [0.2, 0.25) is 0 Å². The van der Waals surface area contributed by atoms with Gasteiger partial charge in [0.2, 0.25) is 5.91 Å². The molecule has 22 heavy (non-hydrogen) atoms. The molecular formula is C14H20N6O2. The Balaban J connectivity index is 1.81. The lowest BCUT2D eigenvalue weighted by Crippen LogP contribution is -2.49. The molecule has 8 nitrogen and oxygen atoms in total. The van der Waals surface area contributed by atoms with Crippen LogP contribution in [-0.2, 0) is 4.79 Å². The third-order valence-electron chi connectivity index (χ3n) is 4.35. The fraction of sp³-hybridized carbons (Fsp3) is 0.571. The summed E-state index contributed by atoms with van der Waals surface area (Å²) in [6.07, 6.45) is 5.40. The Morgan fingerprint density at radius 3 is 2.86 bits per heavy atom. The number of hydrogen-bond donors (Lipinski definition) is 2. The topological polar surface area (TPSA) is 110 Å². The Labute approximate surface area is 128 Å². The van der Waals surface area contributed by atoms with Crippen LogP contribution in [-0.4, -0.2) is 54.6 Å². The second-order valence-corrected chi connectivity index (χ2v) is 6.03. The third-order valence-corrected chi connectivity index (χ3v) is 4.35. The highest BCUT2D eigenvalue weighted by Crippen LogP contribution is 2.32. The Bertz CT molecular complexity index is 708. The highest BCUT2D eigenvalue weighted by molar-refractivity contribution is 5.85.